The highest BCUT2D eigenvalue weighted by Crippen LogP contribution is 2.69. The van der Waals surface area contributed by atoms with E-state index in [1.54, 1.807) is 13.8 Å². The molecule has 2 aliphatic carbocycles. The molecule has 1 heterocycles. The Morgan fingerprint density at radius 1 is 1.00 bits per heavy atom. The van der Waals surface area contributed by atoms with Crippen molar-refractivity contribution in [1.82, 2.24) is 0 Å². The zero-order valence-electron chi connectivity index (χ0n) is 21.9. The van der Waals surface area contributed by atoms with Crippen LogP contribution in [-0.4, -0.2) is 63.9 Å². The molecule has 0 bridgehead atoms. The molecule has 3 fully saturated rings. The topological polar surface area (TPSA) is 125 Å². The summed E-state index contributed by atoms with van der Waals surface area (Å²) in [6.45, 7) is 16.2. The van der Waals surface area contributed by atoms with Crippen molar-refractivity contribution in [1.29, 1.82) is 0 Å². The second-order valence-electron chi connectivity index (χ2n) is 11.5. The minimum Gasteiger partial charge on any atom is -0.462 e. The van der Waals surface area contributed by atoms with Crippen LogP contribution in [-0.2, 0) is 38.1 Å². The monoisotopic (exact) mass is 494 g/mol. The van der Waals surface area contributed by atoms with E-state index in [0.717, 1.165) is 0 Å². The van der Waals surface area contributed by atoms with Crippen LogP contribution in [0.1, 0.15) is 74.7 Å². The molecular formula is C26H38O9. The van der Waals surface area contributed by atoms with E-state index in [4.69, 9.17) is 18.9 Å². The van der Waals surface area contributed by atoms with Gasteiger partial charge in [0.25, 0.3) is 0 Å². The summed E-state index contributed by atoms with van der Waals surface area (Å²) < 4.78 is 23.8. The third-order valence-electron chi connectivity index (χ3n) is 8.49. The molecule has 196 valence electrons. The first-order chi connectivity index (χ1) is 15.9. The fraction of sp³-hybridized carbons (Fsp3) is 0.769. The number of rotatable bonds is 4. The first kappa shape index (κ1) is 27.3. The standard InChI is InChI=1S/C26H38O9/c1-10-23(7)13-17(30)26(35-23)24(8)18(32-14(2)27)11-12-22(5,6)20(24)19(33-15(3)28)21(25(26,9)31)34-16(4)29/h10,18-21,31H,1,11-13H2,2-9H3/t18-,19-,20-,21-,23-,24-,25+,26-/m0/s1. The number of hydrogen-bond donors (Lipinski definition) is 1. The lowest BCUT2D eigenvalue weighted by Crippen LogP contribution is -2.84. The number of hydrogen-bond acceptors (Lipinski definition) is 9. The molecule has 9 heteroatoms. The summed E-state index contributed by atoms with van der Waals surface area (Å²) in [5.41, 5.74) is -7.22. The van der Waals surface area contributed by atoms with Gasteiger partial charge in [0.15, 0.2) is 17.5 Å². The fourth-order valence-corrected chi connectivity index (χ4v) is 7.30. The van der Waals surface area contributed by atoms with Crippen molar-refractivity contribution < 1.29 is 43.2 Å². The predicted molar refractivity (Wildman–Crippen MR) is 124 cm³/mol. The van der Waals surface area contributed by atoms with Crippen LogP contribution in [0.25, 0.3) is 0 Å². The van der Waals surface area contributed by atoms with Gasteiger partial charge in [0.05, 0.1) is 11.0 Å². The third kappa shape index (κ3) is 3.82. The van der Waals surface area contributed by atoms with Gasteiger partial charge in [0.2, 0.25) is 0 Å². The number of carbonyl (C=O) groups is 4. The summed E-state index contributed by atoms with van der Waals surface area (Å²) in [7, 11) is 0. The highest BCUT2D eigenvalue weighted by Gasteiger charge is 2.83. The molecule has 1 spiro atoms. The van der Waals surface area contributed by atoms with Crippen LogP contribution in [0, 0.1) is 16.7 Å². The number of esters is 3. The molecule has 0 aromatic rings. The van der Waals surface area contributed by atoms with E-state index in [-0.39, 0.29) is 6.42 Å². The number of Topliss-reactive ketones (excluding diaryl/α,β-unsaturated/α-hetero) is 1. The van der Waals surface area contributed by atoms with E-state index in [2.05, 4.69) is 6.58 Å². The van der Waals surface area contributed by atoms with Gasteiger partial charge in [-0.1, -0.05) is 26.8 Å². The molecule has 3 aliphatic rings. The maximum absolute atomic E-state index is 14.1. The zero-order valence-corrected chi connectivity index (χ0v) is 21.9. The predicted octanol–water partition coefficient (Wildman–Crippen LogP) is 2.66. The van der Waals surface area contributed by atoms with Crippen molar-refractivity contribution in [3.63, 3.8) is 0 Å². The Labute approximate surface area is 206 Å². The fourth-order valence-electron chi connectivity index (χ4n) is 7.30. The van der Waals surface area contributed by atoms with Gasteiger partial charge in [-0.25, -0.2) is 0 Å². The molecule has 35 heavy (non-hydrogen) atoms. The molecule has 0 aromatic carbocycles. The van der Waals surface area contributed by atoms with E-state index in [0.29, 0.717) is 12.8 Å². The summed E-state index contributed by atoms with van der Waals surface area (Å²) in [6.07, 6.45) is -1.05. The molecule has 1 saturated heterocycles. The molecule has 0 amide bonds. The van der Waals surface area contributed by atoms with Crippen molar-refractivity contribution in [2.24, 2.45) is 16.7 Å². The maximum atomic E-state index is 14.1. The van der Waals surface area contributed by atoms with Crippen LogP contribution in [0.4, 0.5) is 0 Å². The second kappa shape index (κ2) is 8.40. The first-order valence-electron chi connectivity index (χ1n) is 12.0. The van der Waals surface area contributed by atoms with Gasteiger partial charge in [-0.05, 0) is 32.1 Å². The number of fused-ring (bicyclic) bond motifs is 2. The van der Waals surface area contributed by atoms with Crippen LogP contribution in [0.3, 0.4) is 0 Å². The van der Waals surface area contributed by atoms with E-state index in [1.165, 1.54) is 33.8 Å². The van der Waals surface area contributed by atoms with Crippen LogP contribution >= 0.6 is 0 Å². The number of carbonyl (C=O) groups excluding carboxylic acids is 4. The molecule has 0 unspecified atom stereocenters. The Morgan fingerprint density at radius 2 is 1.54 bits per heavy atom. The molecule has 1 N–H and O–H groups in total. The highest BCUT2D eigenvalue weighted by atomic mass is 16.6. The van der Waals surface area contributed by atoms with E-state index in [9.17, 15) is 24.3 Å². The van der Waals surface area contributed by atoms with E-state index < -0.39 is 75.6 Å². The summed E-state index contributed by atoms with van der Waals surface area (Å²) in [5.74, 6) is -3.02. The van der Waals surface area contributed by atoms with Crippen molar-refractivity contribution >= 4 is 23.7 Å². The van der Waals surface area contributed by atoms with Crippen LogP contribution < -0.4 is 0 Å². The number of aliphatic hydroxyl groups is 1. The summed E-state index contributed by atoms with van der Waals surface area (Å²) in [5, 5.41) is 12.3. The molecule has 3 rings (SSSR count). The van der Waals surface area contributed by atoms with Crippen LogP contribution in [0.15, 0.2) is 12.7 Å². The molecule has 0 aromatic heterocycles. The maximum Gasteiger partial charge on any atom is 0.303 e. The number of ketones is 1. The third-order valence-corrected chi connectivity index (χ3v) is 8.49. The smallest absolute Gasteiger partial charge is 0.303 e. The molecule has 2 saturated carbocycles. The molecular weight excluding hydrogens is 456 g/mol. The Bertz CT molecular complexity index is 952. The lowest BCUT2D eigenvalue weighted by atomic mass is 9.40. The lowest BCUT2D eigenvalue weighted by Gasteiger charge is -2.69. The molecule has 1 aliphatic heterocycles. The lowest BCUT2D eigenvalue weighted by molar-refractivity contribution is -0.351. The SMILES string of the molecule is C=C[C@@]1(C)CC(=O)[C@]2(O1)[C@@]1(C)[C@@H](OC(C)=O)CCC(C)(C)[C@@H]1[C@H](OC(C)=O)[C@H](OC(C)=O)[C@@]2(C)O. The van der Waals surface area contributed by atoms with Crippen molar-refractivity contribution in [2.45, 2.75) is 110 Å². The van der Waals surface area contributed by atoms with Gasteiger partial charge in [-0.3, -0.25) is 19.2 Å². The zero-order chi connectivity index (χ0) is 26.8. The summed E-state index contributed by atoms with van der Waals surface area (Å²) in [4.78, 5) is 50.8. The minimum atomic E-state index is -2.16. The van der Waals surface area contributed by atoms with Crippen molar-refractivity contribution in [3.8, 4) is 0 Å². The highest BCUT2D eigenvalue weighted by molar-refractivity contribution is 5.94. The minimum absolute atomic E-state index is 0.0901. The molecule has 0 radical (unpaired) electrons. The number of ether oxygens (including phenoxy) is 4. The van der Waals surface area contributed by atoms with Gasteiger partial charge < -0.3 is 24.1 Å². The molecule has 9 nitrogen and oxygen atoms in total. The largest absolute Gasteiger partial charge is 0.462 e. The van der Waals surface area contributed by atoms with Crippen LogP contribution in [0.2, 0.25) is 0 Å². The average molecular weight is 495 g/mol. The second-order valence-corrected chi connectivity index (χ2v) is 11.5. The normalized spacial score (nSPS) is 44.3. The first-order valence-corrected chi connectivity index (χ1v) is 12.0. The summed E-state index contributed by atoms with van der Waals surface area (Å²) >= 11 is 0. The quantitative estimate of drug-likeness (QED) is 0.357. The van der Waals surface area contributed by atoms with Gasteiger partial charge >= 0.3 is 17.9 Å². The Kier molecular flexibility index (Phi) is 6.56. The van der Waals surface area contributed by atoms with Gasteiger partial charge in [0.1, 0.15) is 17.8 Å². The Morgan fingerprint density at radius 3 is 2.00 bits per heavy atom. The van der Waals surface area contributed by atoms with E-state index in [1.807, 2.05) is 13.8 Å². The average Bonchev–Trinajstić information content (AvgIpc) is 2.99. The van der Waals surface area contributed by atoms with Crippen LogP contribution in [0.5, 0.6) is 0 Å². The van der Waals surface area contributed by atoms with E-state index >= 15 is 0 Å². The van der Waals surface area contributed by atoms with Gasteiger partial charge in [-0.15, -0.1) is 6.58 Å². The van der Waals surface area contributed by atoms with Crippen molar-refractivity contribution in [2.75, 3.05) is 0 Å². The Balaban J connectivity index is 2.44. The molecule has 8 atom stereocenters. The van der Waals surface area contributed by atoms with Gasteiger partial charge in [-0.2, -0.15) is 0 Å². The van der Waals surface area contributed by atoms with Gasteiger partial charge in [0, 0.05) is 33.1 Å². The summed E-state index contributed by atoms with van der Waals surface area (Å²) in [6, 6.07) is 0. The van der Waals surface area contributed by atoms with Crippen molar-refractivity contribution in [3.05, 3.63) is 12.7 Å². The Hall–Kier alpha value is -2.26.